The maximum Gasteiger partial charge on any atom is 0.134 e. The molecule has 0 radical (unpaired) electrons. The summed E-state index contributed by atoms with van der Waals surface area (Å²) in [6, 6.07) is 8.36. The van der Waals surface area contributed by atoms with Crippen LogP contribution in [0.5, 0.6) is 0 Å². The first kappa shape index (κ1) is 16.0. The van der Waals surface area contributed by atoms with Gasteiger partial charge < -0.3 is 19.4 Å². The van der Waals surface area contributed by atoms with Crippen molar-refractivity contribution in [1.29, 1.82) is 0 Å². The van der Waals surface area contributed by atoms with E-state index in [9.17, 15) is 0 Å². The molecule has 1 aromatic heterocycles. The van der Waals surface area contributed by atoms with Crippen LogP contribution in [0.4, 0.5) is 0 Å². The highest BCUT2D eigenvalue weighted by atomic mass is 16.5. The molecule has 0 unspecified atom stereocenters. The highest BCUT2D eigenvalue weighted by Crippen LogP contribution is 2.28. The molecule has 0 aliphatic rings. The lowest BCUT2D eigenvalue weighted by molar-refractivity contribution is 0.117. The first-order valence-electron chi connectivity index (χ1n) is 7.53. The molecule has 0 saturated heterocycles. The Morgan fingerprint density at radius 3 is 2.71 bits per heavy atom. The van der Waals surface area contributed by atoms with E-state index in [4.69, 9.17) is 9.15 Å². The number of rotatable bonds is 8. The van der Waals surface area contributed by atoms with Gasteiger partial charge in [-0.1, -0.05) is 18.2 Å². The van der Waals surface area contributed by atoms with Crippen LogP contribution in [0.3, 0.4) is 0 Å². The molecule has 1 aromatic carbocycles. The molecule has 2 rings (SSSR count). The summed E-state index contributed by atoms with van der Waals surface area (Å²) >= 11 is 0. The summed E-state index contributed by atoms with van der Waals surface area (Å²) in [5.41, 5.74) is 2.18. The van der Waals surface area contributed by atoms with Crippen LogP contribution in [0.15, 0.2) is 28.7 Å². The summed E-state index contributed by atoms with van der Waals surface area (Å²) in [4.78, 5) is 2.12. The molecular formula is C17H26N2O2. The van der Waals surface area contributed by atoms with Crippen molar-refractivity contribution in [3.8, 4) is 0 Å². The summed E-state index contributed by atoms with van der Waals surface area (Å²) in [6.07, 6.45) is 0. The van der Waals surface area contributed by atoms with E-state index >= 15 is 0 Å². The Morgan fingerprint density at radius 1 is 1.24 bits per heavy atom. The third-order valence-electron chi connectivity index (χ3n) is 3.65. The van der Waals surface area contributed by atoms with E-state index in [1.165, 1.54) is 10.9 Å². The highest BCUT2D eigenvalue weighted by molar-refractivity contribution is 5.82. The van der Waals surface area contributed by atoms with Crippen molar-refractivity contribution >= 4 is 11.0 Å². The van der Waals surface area contributed by atoms with Gasteiger partial charge in [-0.15, -0.1) is 0 Å². The van der Waals surface area contributed by atoms with Crippen molar-refractivity contribution in [2.24, 2.45) is 0 Å². The number of fused-ring (bicyclic) bond motifs is 1. The van der Waals surface area contributed by atoms with Crippen molar-refractivity contribution in [3.05, 3.63) is 35.6 Å². The zero-order valence-corrected chi connectivity index (χ0v) is 13.5. The molecule has 1 atom stereocenters. The molecule has 1 N–H and O–H groups in total. The van der Waals surface area contributed by atoms with E-state index in [1.54, 1.807) is 0 Å². The summed E-state index contributed by atoms with van der Waals surface area (Å²) in [7, 11) is 4.10. The number of furan rings is 1. The van der Waals surface area contributed by atoms with Crippen molar-refractivity contribution in [1.82, 2.24) is 10.2 Å². The van der Waals surface area contributed by atoms with Gasteiger partial charge in [0.15, 0.2) is 0 Å². The minimum Gasteiger partial charge on any atom is -0.459 e. The second kappa shape index (κ2) is 7.59. The molecule has 2 aromatic rings. The highest BCUT2D eigenvalue weighted by Gasteiger charge is 2.15. The van der Waals surface area contributed by atoms with Crippen LogP contribution < -0.4 is 5.32 Å². The Hall–Kier alpha value is -1.36. The van der Waals surface area contributed by atoms with E-state index in [-0.39, 0.29) is 6.04 Å². The van der Waals surface area contributed by atoms with Gasteiger partial charge in [0.1, 0.15) is 11.3 Å². The molecule has 4 heteroatoms. The maximum atomic E-state index is 5.96. The number of hydrogen-bond acceptors (Lipinski definition) is 4. The Balaban J connectivity index is 1.82. The Morgan fingerprint density at radius 2 is 2.00 bits per heavy atom. The summed E-state index contributed by atoms with van der Waals surface area (Å²) in [5.74, 6) is 1.02. The summed E-state index contributed by atoms with van der Waals surface area (Å²) in [5, 5.41) is 4.65. The third-order valence-corrected chi connectivity index (χ3v) is 3.65. The summed E-state index contributed by atoms with van der Waals surface area (Å²) < 4.78 is 11.5. The van der Waals surface area contributed by atoms with E-state index in [2.05, 4.69) is 30.1 Å². The van der Waals surface area contributed by atoms with Gasteiger partial charge >= 0.3 is 0 Å². The van der Waals surface area contributed by atoms with Crippen molar-refractivity contribution in [2.45, 2.75) is 19.9 Å². The lowest BCUT2D eigenvalue weighted by atomic mass is 10.1. The fraction of sp³-hybridized carbons (Fsp3) is 0.529. The number of likely N-dealkylation sites (N-methyl/N-ethyl adjacent to an activating group) is 1. The SMILES string of the molecule is Cc1c([C@@H](C)NCCOCCN(C)C)oc2ccccc12. The van der Waals surface area contributed by atoms with Crippen molar-refractivity contribution in [3.63, 3.8) is 0 Å². The van der Waals surface area contributed by atoms with Crippen molar-refractivity contribution < 1.29 is 9.15 Å². The van der Waals surface area contributed by atoms with E-state index < -0.39 is 0 Å². The molecule has 0 amide bonds. The number of benzene rings is 1. The van der Waals surface area contributed by atoms with Gasteiger partial charge in [0.2, 0.25) is 0 Å². The standard InChI is InChI=1S/C17H26N2O2/c1-13-15-7-5-6-8-16(15)21-17(13)14(2)18-9-11-20-12-10-19(3)4/h5-8,14,18H,9-12H2,1-4H3/t14-/m1/s1. The molecule has 0 spiro atoms. The second-order valence-corrected chi connectivity index (χ2v) is 5.68. The molecule has 1 heterocycles. The quantitative estimate of drug-likeness (QED) is 0.759. The van der Waals surface area contributed by atoms with Crippen LogP contribution >= 0.6 is 0 Å². The predicted molar refractivity (Wildman–Crippen MR) is 86.7 cm³/mol. The zero-order chi connectivity index (χ0) is 15.2. The van der Waals surface area contributed by atoms with Crippen molar-refractivity contribution in [2.75, 3.05) is 40.4 Å². The van der Waals surface area contributed by atoms with Gasteiger partial charge in [-0.2, -0.15) is 0 Å². The Bertz CT molecular complexity index is 563. The first-order valence-corrected chi connectivity index (χ1v) is 7.53. The number of ether oxygens (including phenoxy) is 1. The molecule has 4 nitrogen and oxygen atoms in total. The van der Waals surface area contributed by atoms with Crippen LogP contribution in [-0.4, -0.2) is 45.3 Å². The molecule has 0 bridgehead atoms. The molecule has 0 fully saturated rings. The average molecular weight is 290 g/mol. The largest absolute Gasteiger partial charge is 0.459 e. The average Bonchev–Trinajstić information content (AvgIpc) is 2.80. The molecule has 0 saturated carbocycles. The number of hydrogen-bond donors (Lipinski definition) is 1. The number of nitrogens with zero attached hydrogens (tertiary/aromatic N) is 1. The fourth-order valence-electron chi connectivity index (χ4n) is 2.40. The molecule has 116 valence electrons. The third kappa shape index (κ3) is 4.30. The zero-order valence-electron chi connectivity index (χ0n) is 13.5. The monoisotopic (exact) mass is 290 g/mol. The summed E-state index contributed by atoms with van der Waals surface area (Å²) in [6.45, 7) is 7.52. The van der Waals surface area contributed by atoms with Gasteiger partial charge in [0.05, 0.1) is 19.3 Å². The van der Waals surface area contributed by atoms with E-state index in [0.29, 0.717) is 0 Å². The Labute approximate surface area is 127 Å². The Kier molecular flexibility index (Phi) is 5.79. The molecule has 0 aliphatic carbocycles. The predicted octanol–water partition coefficient (Wildman–Crippen LogP) is 2.97. The normalized spacial score (nSPS) is 13.2. The number of nitrogens with one attached hydrogen (secondary N) is 1. The van der Waals surface area contributed by atoms with E-state index in [0.717, 1.165) is 37.6 Å². The van der Waals surface area contributed by atoms with Gasteiger partial charge in [0, 0.05) is 18.5 Å². The van der Waals surface area contributed by atoms with Crippen LogP contribution in [0.1, 0.15) is 24.3 Å². The minimum absolute atomic E-state index is 0.190. The lowest BCUT2D eigenvalue weighted by Gasteiger charge is -2.13. The number of aryl methyl sites for hydroxylation is 1. The maximum absolute atomic E-state index is 5.96. The topological polar surface area (TPSA) is 37.6 Å². The first-order chi connectivity index (χ1) is 10.1. The van der Waals surface area contributed by atoms with Gasteiger partial charge in [-0.25, -0.2) is 0 Å². The van der Waals surface area contributed by atoms with Crippen LogP contribution in [0, 0.1) is 6.92 Å². The van der Waals surface area contributed by atoms with Gasteiger partial charge in [-0.3, -0.25) is 0 Å². The second-order valence-electron chi connectivity index (χ2n) is 5.68. The van der Waals surface area contributed by atoms with Crippen LogP contribution in [0.2, 0.25) is 0 Å². The van der Waals surface area contributed by atoms with Gasteiger partial charge in [-0.05, 0) is 39.6 Å². The van der Waals surface area contributed by atoms with Crippen LogP contribution in [0.25, 0.3) is 11.0 Å². The van der Waals surface area contributed by atoms with Crippen LogP contribution in [-0.2, 0) is 4.74 Å². The van der Waals surface area contributed by atoms with E-state index in [1.807, 2.05) is 32.3 Å². The molecule has 0 aliphatic heterocycles. The minimum atomic E-state index is 0.190. The molecule has 21 heavy (non-hydrogen) atoms. The molecular weight excluding hydrogens is 264 g/mol. The lowest BCUT2D eigenvalue weighted by Crippen LogP contribution is -2.25. The fourth-order valence-corrected chi connectivity index (χ4v) is 2.40. The number of para-hydroxylation sites is 1. The smallest absolute Gasteiger partial charge is 0.134 e. The van der Waals surface area contributed by atoms with Gasteiger partial charge in [0.25, 0.3) is 0 Å².